The largest absolute Gasteiger partial charge is 0.418 e. The van der Waals surface area contributed by atoms with Gasteiger partial charge in [0.15, 0.2) is 0 Å². The summed E-state index contributed by atoms with van der Waals surface area (Å²) in [4.78, 5) is 12.0. The number of para-hydroxylation sites is 1. The van der Waals surface area contributed by atoms with Crippen molar-refractivity contribution < 1.29 is 13.2 Å². The zero-order valence-electron chi connectivity index (χ0n) is 11.9. The van der Waals surface area contributed by atoms with E-state index in [4.69, 9.17) is 5.73 Å². The molecule has 0 saturated carbocycles. The van der Waals surface area contributed by atoms with Crippen molar-refractivity contribution in [3.63, 3.8) is 0 Å². The van der Waals surface area contributed by atoms with Gasteiger partial charge in [0.1, 0.15) is 0 Å². The molecule has 0 atom stereocenters. The molecule has 0 amide bonds. The summed E-state index contributed by atoms with van der Waals surface area (Å²) in [5.41, 5.74) is 6.02. The highest BCUT2D eigenvalue weighted by molar-refractivity contribution is 5.94. The van der Waals surface area contributed by atoms with E-state index in [1.54, 1.807) is 19.9 Å². The van der Waals surface area contributed by atoms with E-state index >= 15 is 0 Å². The molecule has 1 aromatic carbocycles. The zero-order chi connectivity index (χ0) is 16.3. The first kappa shape index (κ1) is 15.7. The molecule has 0 spiro atoms. The van der Waals surface area contributed by atoms with Crippen molar-refractivity contribution in [2.45, 2.75) is 20.0 Å². The number of nitrogens with two attached hydrogens (primary N) is 1. The number of guanidine groups is 1. The number of hydrogen-bond acceptors (Lipinski definition) is 3. The first-order valence-corrected chi connectivity index (χ1v) is 6.35. The third-order valence-electron chi connectivity index (χ3n) is 2.69. The summed E-state index contributed by atoms with van der Waals surface area (Å²) in [6.07, 6.45) is -4.49. The minimum Gasteiger partial charge on any atom is -0.369 e. The monoisotopic (exact) mass is 309 g/mol. The second-order valence-electron chi connectivity index (χ2n) is 4.62. The van der Waals surface area contributed by atoms with E-state index in [2.05, 4.69) is 20.3 Å². The van der Waals surface area contributed by atoms with Crippen LogP contribution in [0.1, 0.15) is 17.0 Å². The first-order chi connectivity index (χ1) is 10.3. The highest BCUT2D eigenvalue weighted by atomic mass is 19.4. The lowest BCUT2D eigenvalue weighted by atomic mass is 10.1. The van der Waals surface area contributed by atoms with Crippen molar-refractivity contribution in [2.24, 2.45) is 10.7 Å². The lowest BCUT2D eigenvalue weighted by Gasteiger charge is -2.13. The van der Waals surface area contributed by atoms with Gasteiger partial charge in [-0.25, -0.2) is 9.97 Å². The third-order valence-corrected chi connectivity index (χ3v) is 2.69. The number of alkyl halides is 3. The number of nitrogens with one attached hydrogen (secondary N) is 1. The summed E-state index contributed by atoms with van der Waals surface area (Å²) < 4.78 is 38.7. The van der Waals surface area contributed by atoms with Gasteiger partial charge in [-0.15, -0.1) is 0 Å². The average molecular weight is 309 g/mol. The fraction of sp³-hybridized carbons (Fsp3) is 0.214. The molecule has 1 aromatic heterocycles. The molecule has 5 nitrogen and oxygen atoms in total. The number of benzene rings is 1. The Bertz CT molecular complexity index is 690. The molecule has 0 unspecified atom stereocenters. The highest BCUT2D eigenvalue weighted by Gasteiger charge is 2.33. The highest BCUT2D eigenvalue weighted by Crippen LogP contribution is 2.34. The van der Waals surface area contributed by atoms with Gasteiger partial charge in [-0.1, -0.05) is 12.1 Å². The standard InChI is InChI=1S/C14H14F3N5/c1-8-7-9(2)20-13(19-8)22-12(18)21-11-6-4-3-5-10(11)14(15,16)17/h3-7H,1-2H3,(H3,18,19,20,21,22). The molecule has 22 heavy (non-hydrogen) atoms. The molecule has 0 aliphatic carbocycles. The number of aliphatic imine (C=N–C) groups is 1. The van der Waals surface area contributed by atoms with Gasteiger partial charge >= 0.3 is 6.18 Å². The smallest absolute Gasteiger partial charge is 0.369 e. The van der Waals surface area contributed by atoms with E-state index in [-0.39, 0.29) is 17.6 Å². The molecule has 1 heterocycles. The summed E-state index contributed by atoms with van der Waals surface area (Å²) in [6, 6.07) is 6.75. The topological polar surface area (TPSA) is 76.2 Å². The maximum atomic E-state index is 12.9. The van der Waals surface area contributed by atoms with Gasteiger partial charge < -0.3 is 11.1 Å². The molecule has 0 bridgehead atoms. The van der Waals surface area contributed by atoms with Crippen LogP contribution in [0, 0.1) is 13.8 Å². The van der Waals surface area contributed by atoms with Crippen LogP contribution in [0.25, 0.3) is 0 Å². The second-order valence-corrected chi connectivity index (χ2v) is 4.62. The predicted molar refractivity (Wildman–Crippen MR) is 77.9 cm³/mol. The number of rotatable bonds is 2. The quantitative estimate of drug-likeness (QED) is 0.660. The van der Waals surface area contributed by atoms with E-state index < -0.39 is 11.7 Å². The van der Waals surface area contributed by atoms with Crippen molar-refractivity contribution in [3.05, 3.63) is 47.3 Å². The minimum absolute atomic E-state index is 0.0898. The van der Waals surface area contributed by atoms with Crippen LogP contribution in [0.4, 0.5) is 24.8 Å². The van der Waals surface area contributed by atoms with Crippen LogP contribution in [0.5, 0.6) is 0 Å². The molecule has 0 aliphatic rings. The number of nitrogens with zero attached hydrogens (tertiary/aromatic N) is 3. The normalized spacial score (nSPS) is 12.3. The number of aromatic nitrogens is 2. The summed E-state index contributed by atoms with van der Waals surface area (Å²) in [7, 11) is 0. The Hall–Kier alpha value is -2.64. The molecule has 2 aromatic rings. The average Bonchev–Trinajstić information content (AvgIpc) is 2.36. The minimum atomic E-state index is -4.49. The van der Waals surface area contributed by atoms with Gasteiger partial charge in [0.05, 0.1) is 11.3 Å². The number of anilines is 1. The lowest BCUT2D eigenvalue weighted by Crippen LogP contribution is -2.24. The summed E-state index contributed by atoms with van der Waals surface area (Å²) in [5.74, 6) is -0.131. The second kappa shape index (κ2) is 6.00. The van der Waals surface area contributed by atoms with Crippen LogP contribution in [0.3, 0.4) is 0 Å². The Kier molecular flexibility index (Phi) is 4.30. The zero-order valence-corrected chi connectivity index (χ0v) is 11.9. The van der Waals surface area contributed by atoms with E-state index in [0.717, 1.165) is 6.07 Å². The van der Waals surface area contributed by atoms with Crippen LogP contribution in [0.15, 0.2) is 35.3 Å². The van der Waals surface area contributed by atoms with Crippen LogP contribution in [0.2, 0.25) is 0 Å². The van der Waals surface area contributed by atoms with E-state index in [1.165, 1.54) is 18.2 Å². The molecule has 0 aliphatic heterocycles. The SMILES string of the molecule is Cc1cc(C)nc(/N=C(/N)Nc2ccccc2C(F)(F)F)n1. The summed E-state index contributed by atoms with van der Waals surface area (Å²) >= 11 is 0. The van der Waals surface area contributed by atoms with Crippen molar-refractivity contribution in [2.75, 3.05) is 5.32 Å². The van der Waals surface area contributed by atoms with Crippen LogP contribution < -0.4 is 11.1 Å². The van der Waals surface area contributed by atoms with E-state index in [9.17, 15) is 13.2 Å². The summed E-state index contributed by atoms with van der Waals surface area (Å²) in [5, 5.41) is 2.43. The number of aryl methyl sites for hydroxylation is 2. The fourth-order valence-corrected chi connectivity index (χ4v) is 1.87. The Morgan fingerprint density at radius 2 is 1.73 bits per heavy atom. The molecular weight excluding hydrogens is 295 g/mol. The predicted octanol–water partition coefficient (Wildman–Crippen LogP) is 3.17. The first-order valence-electron chi connectivity index (χ1n) is 6.35. The van der Waals surface area contributed by atoms with Crippen molar-refractivity contribution in [1.82, 2.24) is 9.97 Å². The number of hydrogen-bond donors (Lipinski definition) is 2. The lowest BCUT2D eigenvalue weighted by molar-refractivity contribution is -0.136. The van der Waals surface area contributed by atoms with Crippen molar-refractivity contribution in [3.8, 4) is 0 Å². The Labute approximate surface area is 125 Å². The maximum Gasteiger partial charge on any atom is 0.418 e. The van der Waals surface area contributed by atoms with Crippen LogP contribution in [-0.4, -0.2) is 15.9 Å². The Balaban J connectivity index is 2.29. The molecule has 116 valence electrons. The molecule has 3 N–H and O–H groups in total. The van der Waals surface area contributed by atoms with Crippen LogP contribution in [-0.2, 0) is 6.18 Å². The molecule has 0 fully saturated rings. The molecule has 0 saturated heterocycles. The molecular formula is C14H14F3N5. The van der Waals surface area contributed by atoms with E-state index in [0.29, 0.717) is 11.4 Å². The summed E-state index contributed by atoms with van der Waals surface area (Å²) in [6.45, 7) is 3.52. The van der Waals surface area contributed by atoms with Gasteiger partial charge in [0.2, 0.25) is 5.96 Å². The van der Waals surface area contributed by atoms with Gasteiger partial charge in [-0.2, -0.15) is 18.2 Å². The molecule has 0 radical (unpaired) electrons. The Morgan fingerprint density at radius 1 is 1.14 bits per heavy atom. The Morgan fingerprint density at radius 3 is 2.32 bits per heavy atom. The van der Waals surface area contributed by atoms with Gasteiger partial charge in [-0.3, -0.25) is 0 Å². The fourth-order valence-electron chi connectivity index (χ4n) is 1.87. The van der Waals surface area contributed by atoms with Crippen LogP contribution >= 0.6 is 0 Å². The maximum absolute atomic E-state index is 12.9. The number of halogens is 3. The third kappa shape index (κ3) is 3.94. The van der Waals surface area contributed by atoms with Crippen molar-refractivity contribution >= 4 is 17.6 Å². The molecule has 2 rings (SSSR count). The van der Waals surface area contributed by atoms with Gasteiger partial charge in [-0.05, 0) is 32.0 Å². The van der Waals surface area contributed by atoms with Gasteiger partial charge in [0, 0.05) is 11.4 Å². The van der Waals surface area contributed by atoms with Crippen molar-refractivity contribution in [1.29, 1.82) is 0 Å². The van der Waals surface area contributed by atoms with E-state index in [1.807, 2.05) is 0 Å². The van der Waals surface area contributed by atoms with Gasteiger partial charge in [0.25, 0.3) is 5.95 Å². The molecule has 8 heteroatoms.